The summed E-state index contributed by atoms with van der Waals surface area (Å²) in [5.41, 5.74) is 1.11. The summed E-state index contributed by atoms with van der Waals surface area (Å²) in [7, 11) is 1.55. The van der Waals surface area contributed by atoms with Crippen molar-refractivity contribution in [1.82, 2.24) is 9.80 Å². The molecule has 0 radical (unpaired) electrons. The van der Waals surface area contributed by atoms with Crippen molar-refractivity contribution in [1.29, 1.82) is 0 Å². The van der Waals surface area contributed by atoms with Crippen LogP contribution in [0.15, 0.2) is 30.3 Å². The molecule has 26 heavy (non-hydrogen) atoms. The Kier molecular flexibility index (Phi) is 4.74. The van der Waals surface area contributed by atoms with Crippen molar-refractivity contribution in [3.05, 3.63) is 35.9 Å². The van der Waals surface area contributed by atoms with Crippen LogP contribution in [-0.4, -0.2) is 54.5 Å². The molecular formula is C21H28N2O3. The van der Waals surface area contributed by atoms with Gasteiger partial charge in [0.05, 0.1) is 11.5 Å². The van der Waals surface area contributed by atoms with Crippen molar-refractivity contribution in [3.8, 4) is 0 Å². The van der Waals surface area contributed by atoms with Gasteiger partial charge in [-0.2, -0.15) is 0 Å². The van der Waals surface area contributed by atoms with E-state index in [0.29, 0.717) is 19.0 Å². The first kappa shape index (κ1) is 17.5. The van der Waals surface area contributed by atoms with Gasteiger partial charge in [0.2, 0.25) is 11.8 Å². The fourth-order valence-electron chi connectivity index (χ4n) is 5.28. The SMILES string of the molecule is COCC(=O)N1CCC(N2C(=O)C3(CCCC3)C2c2ccccc2)CC1. The largest absolute Gasteiger partial charge is 0.375 e. The number of β-lactam (4-membered cyclic amide) rings is 1. The first-order chi connectivity index (χ1) is 12.7. The van der Waals surface area contributed by atoms with Gasteiger partial charge in [-0.25, -0.2) is 0 Å². The van der Waals surface area contributed by atoms with Crippen molar-refractivity contribution >= 4 is 11.8 Å². The number of amides is 2. The second-order valence-electron chi connectivity index (χ2n) is 7.93. The summed E-state index contributed by atoms with van der Waals surface area (Å²) in [6, 6.07) is 11.0. The molecule has 3 aliphatic rings. The highest BCUT2D eigenvalue weighted by Crippen LogP contribution is 2.60. The summed E-state index contributed by atoms with van der Waals surface area (Å²) in [4.78, 5) is 29.3. The summed E-state index contributed by atoms with van der Waals surface area (Å²) < 4.78 is 4.96. The minimum absolute atomic E-state index is 0.0489. The van der Waals surface area contributed by atoms with E-state index >= 15 is 0 Å². The smallest absolute Gasteiger partial charge is 0.248 e. The third kappa shape index (κ3) is 2.73. The van der Waals surface area contributed by atoms with Crippen LogP contribution in [0.2, 0.25) is 0 Å². The molecule has 140 valence electrons. The lowest BCUT2D eigenvalue weighted by Crippen LogP contribution is -2.66. The van der Waals surface area contributed by atoms with Gasteiger partial charge in [0.15, 0.2) is 0 Å². The second kappa shape index (κ2) is 7.03. The summed E-state index contributed by atoms with van der Waals surface area (Å²) in [6.07, 6.45) is 6.08. The lowest BCUT2D eigenvalue weighted by Gasteiger charge is -2.59. The van der Waals surface area contributed by atoms with E-state index in [-0.39, 0.29) is 30.0 Å². The zero-order valence-corrected chi connectivity index (χ0v) is 15.5. The van der Waals surface area contributed by atoms with Crippen LogP contribution in [0, 0.1) is 5.41 Å². The predicted octanol–water partition coefficient (Wildman–Crippen LogP) is 2.77. The van der Waals surface area contributed by atoms with Gasteiger partial charge in [-0.15, -0.1) is 0 Å². The van der Waals surface area contributed by atoms with Crippen LogP contribution in [0.5, 0.6) is 0 Å². The van der Waals surface area contributed by atoms with Gasteiger partial charge in [-0.3, -0.25) is 9.59 Å². The molecule has 2 saturated heterocycles. The Morgan fingerprint density at radius 2 is 1.81 bits per heavy atom. The standard InChI is InChI=1S/C21H28N2O3/c1-26-15-18(24)22-13-9-17(10-14-22)23-19(16-7-3-2-4-8-16)21(20(23)25)11-5-6-12-21/h2-4,7-8,17,19H,5-6,9-15H2,1H3. The monoisotopic (exact) mass is 356 g/mol. The second-order valence-corrected chi connectivity index (χ2v) is 7.93. The van der Waals surface area contributed by atoms with Gasteiger partial charge in [0.25, 0.3) is 0 Å². The maximum atomic E-state index is 13.2. The van der Waals surface area contributed by atoms with Crippen LogP contribution in [-0.2, 0) is 14.3 Å². The average molecular weight is 356 g/mol. The van der Waals surface area contributed by atoms with Crippen LogP contribution >= 0.6 is 0 Å². The van der Waals surface area contributed by atoms with E-state index in [0.717, 1.165) is 38.5 Å². The Bertz CT molecular complexity index is 661. The molecule has 1 saturated carbocycles. The fraction of sp³-hybridized carbons (Fsp3) is 0.619. The number of piperidine rings is 1. The molecule has 1 aromatic carbocycles. The Hall–Kier alpha value is -1.88. The summed E-state index contributed by atoms with van der Waals surface area (Å²) in [5, 5.41) is 0. The summed E-state index contributed by atoms with van der Waals surface area (Å²) >= 11 is 0. The van der Waals surface area contributed by atoms with Crippen LogP contribution in [0.1, 0.15) is 50.1 Å². The van der Waals surface area contributed by atoms with E-state index in [1.807, 2.05) is 11.0 Å². The number of ether oxygens (including phenoxy) is 1. The van der Waals surface area contributed by atoms with E-state index in [4.69, 9.17) is 4.74 Å². The van der Waals surface area contributed by atoms with Gasteiger partial charge in [0, 0.05) is 26.2 Å². The van der Waals surface area contributed by atoms with E-state index in [9.17, 15) is 9.59 Å². The predicted molar refractivity (Wildman–Crippen MR) is 98.4 cm³/mol. The number of hydrogen-bond donors (Lipinski definition) is 0. The van der Waals surface area contributed by atoms with Crippen LogP contribution in [0.3, 0.4) is 0 Å². The lowest BCUT2D eigenvalue weighted by molar-refractivity contribution is -0.181. The molecule has 3 fully saturated rings. The van der Waals surface area contributed by atoms with E-state index in [1.54, 1.807) is 7.11 Å². The Balaban J connectivity index is 1.51. The fourth-order valence-corrected chi connectivity index (χ4v) is 5.28. The van der Waals surface area contributed by atoms with Gasteiger partial charge in [-0.05, 0) is 31.2 Å². The quantitative estimate of drug-likeness (QED) is 0.780. The lowest BCUT2D eigenvalue weighted by atomic mass is 9.65. The minimum Gasteiger partial charge on any atom is -0.375 e. The molecule has 0 N–H and O–H groups in total. The molecule has 2 heterocycles. The van der Waals surface area contributed by atoms with E-state index < -0.39 is 0 Å². The highest BCUT2D eigenvalue weighted by atomic mass is 16.5. The maximum absolute atomic E-state index is 13.2. The molecule has 2 amide bonds. The number of carbonyl (C=O) groups is 2. The van der Waals surface area contributed by atoms with Gasteiger partial charge in [0.1, 0.15) is 6.61 Å². The number of methoxy groups -OCH3 is 1. The first-order valence-electron chi connectivity index (χ1n) is 9.82. The molecule has 5 nitrogen and oxygen atoms in total. The Morgan fingerprint density at radius 1 is 1.15 bits per heavy atom. The van der Waals surface area contributed by atoms with Crippen molar-refractivity contribution < 1.29 is 14.3 Å². The molecule has 1 aromatic rings. The highest BCUT2D eigenvalue weighted by molar-refractivity contribution is 5.91. The van der Waals surface area contributed by atoms with Crippen LogP contribution in [0.4, 0.5) is 0 Å². The maximum Gasteiger partial charge on any atom is 0.248 e. The van der Waals surface area contributed by atoms with E-state index in [2.05, 4.69) is 29.2 Å². The zero-order valence-electron chi connectivity index (χ0n) is 15.5. The van der Waals surface area contributed by atoms with Crippen LogP contribution < -0.4 is 0 Å². The van der Waals surface area contributed by atoms with Gasteiger partial charge >= 0.3 is 0 Å². The molecule has 0 aromatic heterocycles. The highest BCUT2D eigenvalue weighted by Gasteiger charge is 2.63. The number of rotatable bonds is 4. The zero-order chi connectivity index (χ0) is 18.1. The van der Waals surface area contributed by atoms with Crippen molar-refractivity contribution in [3.63, 3.8) is 0 Å². The molecule has 4 rings (SSSR count). The van der Waals surface area contributed by atoms with Gasteiger partial charge < -0.3 is 14.5 Å². The molecular weight excluding hydrogens is 328 g/mol. The molecule has 1 atom stereocenters. The Labute approximate surface area is 155 Å². The number of nitrogens with zero attached hydrogens (tertiary/aromatic N) is 2. The van der Waals surface area contributed by atoms with Crippen molar-refractivity contribution in [2.75, 3.05) is 26.8 Å². The molecule has 1 aliphatic carbocycles. The molecule has 0 bridgehead atoms. The third-order valence-corrected chi connectivity index (χ3v) is 6.55. The molecule has 1 spiro atoms. The van der Waals surface area contributed by atoms with E-state index in [1.165, 1.54) is 5.56 Å². The molecule has 2 aliphatic heterocycles. The molecule has 1 unspecified atom stereocenters. The van der Waals surface area contributed by atoms with Gasteiger partial charge in [-0.1, -0.05) is 43.2 Å². The average Bonchev–Trinajstić information content (AvgIpc) is 3.19. The number of benzene rings is 1. The third-order valence-electron chi connectivity index (χ3n) is 6.55. The number of hydrogen-bond acceptors (Lipinski definition) is 3. The molecule has 5 heteroatoms. The topological polar surface area (TPSA) is 49.9 Å². The van der Waals surface area contributed by atoms with Crippen molar-refractivity contribution in [2.24, 2.45) is 5.41 Å². The van der Waals surface area contributed by atoms with Crippen molar-refractivity contribution in [2.45, 2.75) is 50.6 Å². The normalized spacial score (nSPS) is 25.6. The number of carbonyl (C=O) groups excluding carboxylic acids is 2. The summed E-state index contributed by atoms with van der Waals surface area (Å²) in [6.45, 7) is 1.57. The van der Waals surface area contributed by atoms with Crippen LogP contribution in [0.25, 0.3) is 0 Å². The minimum atomic E-state index is -0.162. The number of likely N-dealkylation sites (tertiary alicyclic amines) is 2. The Morgan fingerprint density at radius 3 is 2.42 bits per heavy atom. The summed E-state index contributed by atoms with van der Waals surface area (Å²) in [5.74, 6) is 0.401. The first-order valence-corrected chi connectivity index (χ1v) is 9.82.